The van der Waals surface area contributed by atoms with E-state index in [1.807, 2.05) is 0 Å². The molecule has 4 fully saturated rings. The third-order valence-corrected chi connectivity index (χ3v) is 9.50. The van der Waals surface area contributed by atoms with Crippen LogP contribution in [0.25, 0.3) is 0 Å². The number of aliphatic carboxylic acids is 2. The van der Waals surface area contributed by atoms with E-state index in [9.17, 15) is 70.2 Å². The first-order valence-electron chi connectivity index (χ1n) is 17.4. The molecule has 25 heteroatoms. The van der Waals surface area contributed by atoms with Crippen molar-refractivity contribution < 1.29 is 113 Å². The van der Waals surface area contributed by atoms with Gasteiger partial charge in [-0.1, -0.05) is 0 Å². The summed E-state index contributed by atoms with van der Waals surface area (Å²) in [5.74, 6) is -4.97. The average Bonchev–Trinajstić information content (AvgIpc) is 3.13. The fourth-order valence-electron chi connectivity index (χ4n) is 6.86. The van der Waals surface area contributed by atoms with Crippen molar-refractivity contribution in [3.05, 3.63) is 0 Å². The van der Waals surface area contributed by atoms with Crippen LogP contribution in [-0.2, 0) is 61.8 Å². The molecule has 2 amide bonds. The second kappa shape index (κ2) is 19.8. The largest absolute Gasteiger partial charge is 0.479 e. The van der Waals surface area contributed by atoms with Gasteiger partial charge in [0.05, 0.1) is 13.2 Å². The Morgan fingerprint density at radius 2 is 0.946 bits per heavy atom. The third kappa shape index (κ3) is 9.89. The molecule has 0 bridgehead atoms. The van der Waals surface area contributed by atoms with E-state index in [-0.39, 0.29) is 6.61 Å². The lowest BCUT2D eigenvalue weighted by atomic mass is 9.94. The molecule has 20 atom stereocenters. The first kappa shape index (κ1) is 45.9. The van der Waals surface area contributed by atoms with Gasteiger partial charge >= 0.3 is 11.9 Å². The fraction of sp³-hybridized carbons (Fsp3) is 0.871. The molecule has 0 saturated carbocycles. The minimum Gasteiger partial charge on any atom is -0.479 e. The van der Waals surface area contributed by atoms with E-state index in [1.54, 1.807) is 0 Å². The van der Waals surface area contributed by atoms with Crippen LogP contribution >= 0.6 is 0 Å². The van der Waals surface area contributed by atoms with Crippen LogP contribution in [0.2, 0.25) is 0 Å². The summed E-state index contributed by atoms with van der Waals surface area (Å²) in [6, 6.07) is -3.19. The van der Waals surface area contributed by atoms with Crippen LogP contribution in [0.5, 0.6) is 0 Å². The molecule has 8 unspecified atom stereocenters. The van der Waals surface area contributed by atoms with E-state index in [1.165, 1.54) is 14.0 Å². The van der Waals surface area contributed by atoms with Gasteiger partial charge in [-0.25, -0.2) is 9.59 Å². The topological polar surface area (TPSA) is 378 Å². The smallest absolute Gasteiger partial charge is 0.335 e. The van der Waals surface area contributed by atoms with E-state index in [0.29, 0.717) is 0 Å². The molecular weight excluding hydrogens is 768 g/mol. The first-order valence-corrected chi connectivity index (χ1v) is 17.4. The zero-order valence-electron chi connectivity index (χ0n) is 30.4. The fourth-order valence-corrected chi connectivity index (χ4v) is 6.86. The lowest BCUT2D eigenvalue weighted by Crippen LogP contribution is -2.70. The number of amides is 2. The predicted octanol–water partition coefficient (Wildman–Crippen LogP) is -7.58. The number of nitrogens with one attached hydrogen (secondary N) is 2. The molecule has 0 aromatic heterocycles. The lowest BCUT2D eigenvalue weighted by Gasteiger charge is -2.49. The summed E-state index contributed by atoms with van der Waals surface area (Å²) in [7, 11) is 1.19. The molecule has 4 heterocycles. The number of carbonyl (C=O) groups is 4. The lowest BCUT2D eigenvalue weighted by molar-refractivity contribution is -0.371. The van der Waals surface area contributed by atoms with E-state index in [4.69, 9.17) is 42.6 Å². The molecule has 4 rings (SSSR count). The van der Waals surface area contributed by atoms with Crippen LogP contribution < -0.4 is 10.6 Å². The maximum Gasteiger partial charge on any atom is 0.335 e. The zero-order chi connectivity index (χ0) is 41.8. The van der Waals surface area contributed by atoms with Gasteiger partial charge in [0.25, 0.3) is 0 Å². The van der Waals surface area contributed by atoms with Crippen LogP contribution in [0.15, 0.2) is 0 Å². The number of ether oxygens (including phenoxy) is 9. The van der Waals surface area contributed by atoms with Gasteiger partial charge in [0.1, 0.15) is 85.3 Å². The van der Waals surface area contributed by atoms with Crippen LogP contribution in [0, 0.1) is 0 Å². The molecular formula is C31H50N2O23. The second-order valence-corrected chi connectivity index (χ2v) is 13.3. The Kier molecular flexibility index (Phi) is 16.2. The van der Waals surface area contributed by atoms with Crippen molar-refractivity contribution in [2.24, 2.45) is 0 Å². The van der Waals surface area contributed by atoms with Gasteiger partial charge in [0, 0.05) is 27.6 Å². The summed E-state index contributed by atoms with van der Waals surface area (Å²) in [6.45, 7) is 1.83. The Bertz CT molecular complexity index is 1350. The molecule has 0 radical (unpaired) electrons. The molecule has 4 saturated heterocycles. The molecule has 0 aromatic rings. The quantitative estimate of drug-likeness (QED) is 0.0730. The number of hydrogen-bond donors (Lipinski definition) is 12. The summed E-state index contributed by atoms with van der Waals surface area (Å²) >= 11 is 0. The summed E-state index contributed by atoms with van der Waals surface area (Å²) in [5, 5.41) is 111. The molecule has 4 aliphatic rings. The van der Waals surface area contributed by atoms with Crippen LogP contribution in [0.4, 0.5) is 0 Å². The summed E-state index contributed by atoms with van der Waals surface area (Å²) in [5.41, 5.74) is 0. The SMILES string of the molecule is CCO[C@@H]1OC(C(=O)O)[C@@H](O[C@H]2OC(CO)[C@@H](O[C@@H]3OC(C(=O)O)[C@@H](O[C@H]4OC(CO)[C@@H](OC)[C@H](O)C4NC(C)=O)C(O)[C@@H]3O)[C@H](O)C2NC(C)=O)C(O)[C@@H]1O. The zero-order valence-corrected chi connectivity index (χ0v) is 30.4. The second-order valence-electron chi connectivity index (χ2n) is 13.3. The van der Waals surface area contributed by atoms with E-state index >= 15 is 0 Å². The Labute approximate surface area is 317 Å². The molecule has 25 nitrogen and oxygen atoms in total. The maximum atomic E-state index is 12.5. The molecule has 12 N–H and O–H groups in total. The number of methoxy groups -OCH3 is 1. The normalized spacial score (nSPS) is 44.4. The van der Waals surface area contributed by atoms with Gasteiger partial charge in [-0.05, 0) is 6.92 Å². The van der Waals surface area contributed by atoms with Gasteiger partial charge in [-0.3, -0.25) is 9.59 Å². The first-order chi connectivity index (χ1) is 26.4. The van der Waals surface area contributed by atoms with Crippen molar-refractivity contribution in [3.8, 4) is 0 Å². The Morgan fingerprint density at radius 1 is 0.554 bits per heavy atom. The number of hydrogen-bond acceptors (Lipinski definition) is 21. The standard InChI is InChI=1S/C31H50N2O23/c1-5-49-30-18(42)16(40)22(24(55-30)26(44)45)53-29-13(33-9(3)37)15(39)21(11(7-35)51-29)52-31-19(43)17(41)23(25(56-31)27(46)47)54-28-12(32-8(2)36)14(38)20(48-4)10(6-34)50-28/h10-25,28-31,34-35,38-43H,5-7H2,1-4H3,(H,32,36)(H,33,37)(H,44,45)(H,46,47)/t10?,11?,12?,13?,14-,15-,16?,17?,18+,19+,20-,21-,22+,23+,24?,25?,28-,29-,30-,31-/m1/s1. The van der Waals surface area contributed by atoms with Crippen molar-refractivity contribution in [1.82, 2.24) is 10.6 Å². The van der Waals surface area contributed by atoms with Gasteiger partial charge in [-0.2, -0.15) is 0 Å². The van der Waals surface area contributed by atoms with Crippen molar-refractivity contribution in [1.29, 1.82) is 0 Å². The minimum atomic E-state index is -2.22. The van der Waals surface area contributed by atoms with E-state index < -0.39 is 160 Å². The van der Waals surface area contributed by atoms with E-state index in [2.05, 4.69) is 10.6 Å². The van der Waals surface area contributed by atoms with Gasteiger partial charge in [-0.15, -0.1) is 0 Å². The van der Waals surface area contributed by atoms with Crippen LogP contribution in [0.3, 0.4) is 0 Å². The highest BCUT2D eigenvalue weighted by molar-refractivity contribution is 5.74. The van der Waals surface area contributed by atoms with Crippen LogP contribution in [-0.4, -0.2) is 224 Å². The van der Waals surface area contributed by atoms with Gasteiger partial charge in [0.15, 0.2) is 37.4 Å². The number of carboxylic acids is 2. The van der Waals surface area contributed by atoms with Gasteiger partial charge < -0.3 is 104 Å². The summed E-state index contributed by atoms with van der Waals surface area (Å²) in [6.07, 6.45) is -33.5. The minimum absolute atomic E-state index is 0.0375. The highest BCUT2D eigenvalue weighted by Crippen LogP contribution is 2.35. The number of carboxylic acid groups (broad SMARTS) is 2. The number of carbonyl (C=O) groups excluding carboxylic acids is 2. The molecule has 0 aromatic carbocycles. The van der Waals surface area contributed by atoms with Crippen molar-refractivity contribution >= 4 is 23.8 Å². The molecule has 56 heavy (non-hydrogen) atoms. The van der Waals surface area contributed by atoms with Crippen molar-refractivity contribution in [3.63, 3.8) is 0 Å². The Balaban J connectivity index is 1.57. The molecule has 0 spiro atoms. The number of rotatable bonds is 15. The maximum absolute atomic E-state index is 12.5. The number of aliphatic hydroxyl groups excluding tert-OH is 8. The van der Waals surface area contributed by atoms with E-state index in [0.717, 1.165) is 13.8 Å². The molecule has 322 valence electrons. The highest BCUT2D eigenvalue weighted by atomic mass is 16.8. The van der Waals surface area contributed by atoms with Crippen molar-refractivity contribution in [2.45, 2.75) is 143 Å². The monoisotopic (exact) mass is 818 g/mol. The molecule has 0 aliphatic carbocycles. The van der Waals surface area contributed by atoms with Crippen molar-refractivity contribution in [2.75, 3.05) is 26.9 Å². The third-order valence-electron chi connectivity index (χ3n) is 9.50. The average molecular weight is 819 g/mol. The Hall–Kier alpha value is -2.80. The van der Waals surface area contributed by atoms with Crippen LogP contribution in [0.1, 0.15) is 20.8 Å². The van der Waals surface area contributed by atoms with Gasteiger partial charge in [0.2, 0.25) is 11.8 Å². The summed E-state index contributed by atoms with van der Waals surface area (Å²) in [4.78, 5) is 48.8. The number of aliphatic hydroxyl groups is 8. The Morgan fingerprint density at radius 3 is 1.34 bits per heavy atom. The molecule has 4 aliphatic heterocycles. The highest BCUT2D eigenvalue weighted by Gasteiger charge is 2.57. The summed E-state index contributed by atoms with van der Waals surface area (Å²) < 4.78 is 49.5. The predicted molar refractivity (Wildman–Crippen MR) is 172 cm³/mol.